The zero-order chi connectivity index (χ0) is 11.0. The molecule has 1 amide bonds. The van der Waals surface area contributed by atoms with Gasteiger partial charge in [-0.2, -0.15) is 0 Å². The maximum atomic E-state index is 11.5. The molecule has 0 unspecified atom stereocenters. The van der Waals surface area contributed by atoms with Crippen molar-refractivity contribution in [2.45, 2.75) is 18.9 Å². The Kier molecular flexibility index (Phi) is 2.14. The Bertz CT molecular complexity index is 422. The molecule has 1 aromatic rings. The van der Waals surface area contributed by atoms with Crippen molar-refractivity contribution in [2.24, 2.45) is 7.05 Å². The van der Waals surface area contributed by atoms with Crippen molar-refractivity contribution < 1.29 is 9.72 Å². The molecule has 7 nitrogen and oxygen atoms in total. The molecule has 1 N–H and O–H groups in total. The zero-order valence-corrected chi connectivity index (χ0v) is 8.14. The predicted octanol–water partition coefficient (Wildman–Crippen LogP) is 0.220. The number of amides is 1. The van der Waals surface area contributed by atoms with Crippen LogP contribution in [0.15, 0.2) is 6.07 Å². The third-order valence-corrected chi connectivity index (χ3v) is 2.19. The maximum Gasteiger partial charge on any atom is 0.345 e. The summed E-state index contributed by atoms with van der Waals surface area (Å²) >= 11 is 0. The monoisotopic (exact) mass is 210 g/mol. The van der Waals surface area contributed by atoms with Crippen LogP contribution in [0.5, 0.6) is 0 Å². The average Bonchev–Trinajstić information content (AvgIpc) is 2.86. The number of carbonyl (C=O) groups excluding carboxylic acids is 1. The third-order valence-electron chi connectivity index (χ3n) is 2.19. The van der Waals surface area contributed by atoms with Crippen molar-refractivity contribution >= 4 is 11.7 Å². The second-order valence-electron chi connectivity index (χ2n) is 3.52. The molecule has 1 aliphatic rings. The van der Waals surface area contributed by atoms with Crippen molar-refractivity contribution in [3.63, 3.8) is 0 Å². The highest BCUT2D eigenvalue weighted by atomic mass is 16.6. The maximum absolute atomic E-state index is 11.5. The summed E-state index contributed by atoms with van der Waals surface area (Å²) in [4.78, 5) is 21.4. The van der Waals surface area contributed by atoms with E-state index in [0.29, 0.717) is 0 Å². The molecular weight excluding hydrogens is 200 g/mol. The second-order valence-corrected chi connectivity index (χ2v) is 3.52. The Morgan fingerprint density at radius 2 is 2.40 bits per heavy atom. The summed E-state index contributed by atoms with van der Waals surface area (Å²) in [7, 11) is 1.44. The molecule has 0 aromatic carbocycles. The summed E-state index contributed by atoms with van der Waals surface area (Å²) in [5.41, 5.74) is 0.0936. The molecule has 1 saturated carbocycles. The normalized spacial score (nSPS) is 15.0. The Hall–Kier alpha value is -1.92. The molecule has 0 spiro atoms. The molecule has 0 radical (unpaired) electrons. The zero-order valence-electron chi connectivity index (χ0n) is 8.14. The van der Waals surface area contributed by atoms with E-state index in [4.69, 9.17) is 0 Å². The van der Waals surface area contributed by atoms with Crippen LogP contribution in [-0.4, -0.2) is 26.7 Å². The van der Waals surface area contributed by atoms with Crippen LogP contribution in [-0.2, 0) is 7.05 Å². The molecule has 15 heavy (non-hydrogen) atoms. The lowest BCUT2D eigenvalue weighted by Gasteiger charge is -1.96. The first-order chi connectivity index (χ1) is 7.08. The van der Waals surface area contributed by atoms with Crippen LogP contribution in [0, 0.1) is 10.1 Å². The van der Waals surface area contributed by atoms with E-state index in [1.807, 2.05) is 0 Å². The van der Waals surface area contributed by atoms with Gasteiger partial charge in [0.05, 0.1) is 6.07 Å². The number of hydrogen-bond donors (Lipinski definition) is 1. The average molecular weight is 210 g/mol. The Labute approximate surface area is 85.2 Å². The lowest BCUT2D eigenvalue weighted by Crippen LogP contribution is -2.25. The fourth-order valence-corrected chi connectivity index (χ4v) is 1.23. The second kappa shape index (κ2) is 3.34. The lowest BCUT2D eigenvalue weighted by molar-refractivity contribution is -0.392. The molecule has 1 aromatic heterocycles. The topological polar surface area (TPSA) is 90.1 Å². The fourth-order valence-electron chi connectivity index (χ4n) is 1.23. The van der Waals surface area contributed by atoms with Gasteiger partial charge in [0.2, 0.25) is 0 Å². The number of carbonyl (C=O) groups is 1. The summed E-state index contributed by atoms with van der Waals surface area (Å²) in [5.74, 6) is -0.530. The largest absolute Gasteiger partial charge is 0.358 e. The minimum atomic E-state index is -0.569. The van der Waals surface area contributed by atoms with Gasteiger partial charge in [-0.1, -0.05) is 5.10 Å². The third kappa shape index (κ3) is 1.95. The summed E-state index contributed by atoms with van der Waals surface area (Å²) < 4.78 is 1.09. The number of aromatic nitrogens is 2. The van der Waals surface area contributed by atoms with E-state index in [1.165, 1.54) is 13.1 Å². The Balaban J connectivity index is 2.17. The predicted molar refractivity (Wildman–Crippen MR) is 50.4 cm³/mol. The van der Waals surface area contributed by atoms with Crippen LogP contribution >= 0.6 is 0 Å². The number of nitro groups is 1. The van der Waals surface area contributed by atoms with Gasteiger partial charge in [-0.15, -0.1) is 4.68 Å². The highest BCUT2D eigenvalue weighted by Gasteiger charge is 2.27. The molecule has 0 saturated heterocycles. The molecule has 0 aliphatic heterocycles. The van der Waals surface area contributed by atoms with Gasteiger partial charge in [-0.3, -0.25) is 4.79 Å². The summed E-state index contributed by atoms with van der Waals surface area (Å²) in [6.45, 7) is 0. The number of rotatable bonds is 3. The molecule has 1 heterocycles. The quantitative estimate of drug-likeness (QED) is 0.570. The van der Waals surface area contributed by atoms with Gasteiger partial charge >= 0.3 is 5.82 Å². The van der Waals surface area contributed by atoms with Crippen molar-refractivity contribution in [3.05, 3.63) is 21.9 Å². The fraction of sp³-hybridized carbons (Fsp3) is 0.500. The van der Waals surface area contributed by atoms with E-state index in [0.717, 1.165) is 17.5 Å². The summed E-state index contributed by atoms with van der Waals surface area (Å²) in [6, 6.07) is 1.40. The number of hydrogen-bond acceptors (Lipinski definition) is 4. The number of nitrogens with zero attached hydrogens (tertiary/aromatic N) is 3. The van der Waals surface area contributed by atoms with Crippen LogP contribution in [0.1, 0.15) is 23.3 Å². The van der Waals surface area contributed by atoms with Crippen molar-refractivity contribution in [1.82, 2.24) is 15.1 Å². The minimum Gasteiger partial charge on any atom is -0.358 e. The van der Waals surface area contributed by atoms with Crippen molar-refractivity contribution in [1.29, 1.82) is 0 Å². The smallest absolute Gasteiger partial charge is 0.345 e. The van der Waals surface area contributed by atoms with Crippen molar-refractivity contribution in [3.8, 4) is 0 Å². The molecule has 7 heteroatoms. The van der Waals surface area contributed by atoms with Crippen molar-refractivity contribution in [2.75, 3.05) is 0 Å². The van der Waals surface area contributed by atoms with Crippen LogP contribution in [0.25, 0.3) is 0 Å². The first-order valence-electron chi connectivity index (χ1n) is 4.57. The van der Waals surface area contributed by atoms with E-state index in [2.05, 4.69) is 10.4 Å². The molecular formula is C8H10N4O3. The molecule has 2 rings (SSSR count). The standard InChI is InChI=1S/C8H10N4O3/c1-11-7(12(14)15)4-6(10-11)8(13)9-5-2-3-5/h4-5H,2-3H2,1H3,(H,9,13). The van der Waals surface area contributed by atoms with E-state index in [-0.39, 0.29) is 23.5 Å². The van der Waals surface area contributed by atoms with Gasteiger partial charge in [0.25, 0.3) is 5.91 Å². The van der Waals surface area contributed by atoms with Gasteiger partial charge < -0.3 is 15.4 Å². The first-order valence-corrected chi connectivity index (χ1v) is 4.57. The molecule has 0 atom stereocenters. The first kappa shape index (κ1) is 9.63. The summed E-state index contributed by atoms with van der Waals surface area (Å²) in [5, 5.41) is 17.0. The number of aryl methyl sites for hydroxylation is 1. The molecule has 80 valence electrons. The van der Waals surface area contributed by atoms with Gasteiger partial charge in [-0.05, 0) is 17.8 Å². The Morgan fingerprint density at radius 3 is 2.87 bits per heavy atom. The molecule has 1 fully saturated rings. The summed E-state index contributed by atoms with van der Waals surface area (Å²) in [6.07, 6.45) is 1.95. The van der Waals surface area contributed by atoms with Crippen LogP contribution in [0.2, 0.25) is 0 Å². The van der Waals surface area contributed by atoms with E-state index >= 15 is 0 Å². The molecule has 0 bridgehead atoms. The highest BCUT2D eigenvalue weighted by molar-refractivity contribution is 5.93. The SMILES string of the molecule is Cn1nc(C(=O)NC2CC2)cc1[N+](=O)[O-]. The van der Waals surface area contributed by atoms with Gasteiger partial charge in [0, 0.05) is 6.04 Å². The van der Waals surface area contributed by atoms with E-state index < -0.39 is 4.92 Å². The minimum absolute atomic E-state index is 0.0936. The highest BCUT2D eigenvalue weighted by Crippen LogP contribution is 2.19. The van der Waals surface area contributed by atoms with Crippen LogP contribution in [0.4, 0.5) is 5.82 Å². The van der Waals surface area contributed by atoms with Crippen LogP contribution in [0.3, 0.4) is 0 Å². The van der Waals surface area contributed by atoms with Gasteiger partial charge in [0.15, 0.2) is 5.69 Å². The van der Waals surface area contributed by atoms with Crippen LogP contribution < -0.4 is 5.32 Å². The number of nitrogens with one attached hydrogen (secondary N) is 1. The Morgan fingerprint density at radius 1 is 1.73 bits per heavy atom. The van der Waals surface area contributed by atoms with E-state index in [9.17, 15) is 14.9 Å². The van der Waals surface area contributed by atoms with Gasteiger partial charge in [0.1, 0.15) is 7.05 Å². The molecule has 1 aliphatic carbocycles. The lowest BCUT2D eigenvalue weighted by atomic mass is 10.4. The van der Waals surface area contributed by atoms with Gasteiger partial charge in [-0.25, -0.2) is 0 Å². The van der Waals surface area contributed by atoms with E-state index in [1.54, 1.807) is 0 Å².